The maximum atomic E-state index is 12.0. The second-order valence-electron chi connectivity index (χ2n) is 5.65. The van der Waals surface area contributed by atoms with Gasteiger partial charge in [-0.2, -0.15) is 9.90 Å². The van der Waals surface area contributed by atoms with Gasteiger partial charge in [-0.3, -0.25) is 4.79 Å². The number of hydrazone groups is 1. The predicted octanol–water partition coefficient (Wildman–Crippen LogP) is 0.272. The van der Waals surface area contributed by atoms with E-state index in [4.69, 9.17) is 16.3 Å². The van der Waals surface area contributed by atoms with Crippen molar-refractivity contribution in [2.75, 3.05) is 6.61 Å². The van der Waals surface area contributed by atoms with Gasteiger partial charge in [-0.1, -0.05) is 23.7 Å². The Labute approximate surface area is 169 Å². The van der Waals surface area contributed by atoms with E-state index in [1.54, 1.807) is 48.5 Å². The van der Waals surface area contributed by atoms with E-state index in [2.05, 4.69) is 25.9 Å². The molecule has 1 amide bonds. The van der Waals surface area contributed by atoms with Crippen molar-refractivity contribution in [3.63, 3.8) is 0 Å². The SMILES string of the molecule is O=C([O-])COc1ccc(/C=N\NC(=O)Cn2nnc(-c3ccccc3Cl)n2)cc1. The molecule has 1 aromatic heterocycles. The standard InChI is InChI=1S/C18H15ClN6O4/c19-15-4-2-1-3-14(15)18-22-24-25(23-18)10-16(26)21-20-9-12-5-7-13(8-6-12)29-11-17(27)28/h1-9H,10-11H2,(H,21,26)(H,27,28)/p-1/b20-9-. The molecule has 0 aliphatic carbocycles. The van der Waals surface area contributed by atoms with Crippen molar-refractivity contribution in [1.82, 2.24) is 25.6 Å². The van der Waals surface area contributed by atoms with Crippen LogP contribution in [0.15, 0.2) is 53.6 Å². The van der Waals surface area contributed by atoms with Gasteiger partial charge in [-0.15, -0.1) is 10.2 Å². The number of ether oxygens (including phenoxy) is 1. The van der Waals surface area contributed by atoms with Gasteiger partial charge in [0.25, 0.3) is 5.91 Å². The second-order valence-corrected chi connectivity index (χ2v) is 6.05. The highest BCUT2D eigenvalue weighted by molar-refractivity contribution is 6.33. The summed E-state index contributed by atoms with van der Waals surface area (Å²) in [7, 11) is 0. The molecule has 0 unspecified atom stereocenters. The molecule has 0 bridgehead atoms. The first kappa shape index (κ1) is 20.0. The fourth-order valence-corrected chi connectivity index (χ4v) is 2.42. The van der Waals surface area contributed by atoms with Gasteiger partial charge in [0.15, 0.2) is 0 Å². The fraction of sp³-hybridized carbons (Fsp3) is 0.111. The van der Waals surface area contributed by atoms with Gasteiger partial charge < -0.3 is 14.6 Å². The molecule has 3 rings (SSSR count). The number of aromatic nitrogens is 4. The zero-order chi connectivity index (χ0) is 20.6. The first-order chi connectivity index (χ1) is 14.0. The largest absolute Gasteiger partial charge is 0.546 e. The second kappa shape index (κ2) is 9.42. The number of hydrogen-bond acceptors (Lipinski definition) is 8. The molecule has 10 nitrogen and oxygen atoms in total. The summed E-state index contributed by atoms with van der Waals surface area (Å²) in [6.45, 7) is -0.706. The third-order valence-corrected chi connectivity index (χ3v) is 3.82. The summed E-state index contributed by atoms with van der Waals surface area (Å²) < 4.78 is 4.97. The van der Waals surface area contributed by atoms with Gasteiger partial charge in [0, 0.05) is 5.56 Å². The number of carboxylic acids is 1. The lowest BCUT2D eigenvalue weighted by molar-refractivity contribution is -0.307. The minimum atomic E-state index is -1.31. The fourth-order valence-electron chi connectivity index (χ4n) is 2.20. The summed E-state index contributed by atoms with van der Waals surface area (Å²) in [5.74, 6) is -1.06. The van der Waals surface area contributed by atoms with E-state index in [1.807, 2.05) is 0 Å². The third kappa shape index (κ3) is 5.84. The maximum absolute atomic E-state index is 12.0. The Morgan fingerprint density at radius 1 is 1.21 bits per heavy atom. The molecule has 11 heteroatoms. The van der Waals surface area contributed by atoms with Crippen molar-refractivity contribution >= 4 is 29.7 Å². The number of carbonyl (C=O) groups excluding carboxylic acids is 2. The predicted molar refractivity (Wildman–Crippen MR) is 101 cm³/mol. The highest BCUT2D eigenvalue weighted by Gasteiger charge is 2.11. The first-order valence-electron chi connectivity index (χ1n) is 8.28. The van der Waals surface area contributed by atoms with Gasteiger partial charge in [-0.25, -0.2) is 5.43 Å². The molecule has 148 valence electrons. The van der Waals surface area contributed by atoms with Crippen LogP contribution in [0.5, 0.6) is 5.75 Å². The molecule has 0 spiro atoms. The highest BCUT2D eigenvalue weighted by Crippen LogP contribution is 2.23. The van der Waals surface area contributed by atoms with E-state index in [-0.39, 0.29) is 6.54 Å². The Bertz CT molecular complexity index is 1030. The molecule has 2 aromatic carbocycles. The number of rotatable bonds is 8. The number of tetrazole rings is 1. The van der Waals surface area contributed by atoms with E-state index < -0.39 is 18.5 Å². The molecule has 1 N–H and O–H groups in total. The normalized spacial score (nSPS) is 10.8. The Morgan fingerprint density at radius 2 is 1.97 bits per heavy atom. The number of nitrogens with zero attached hydrogens (tertiary/aromatic N) is 5. The van der Waals surface area contributed by atoms with Crippen molar-refractivity contribution in [2.24, 2.45) is 5.10 Å². The van der Waals surface area contributed by atoms with Crippen molar-refractivity contribution in [1.29, 1.82) is 0 Å². The first-order valence-corrected chi connectivity index (χ1v) is 8.66. The molecule has 0 aliphatic heterocycles. The van der Waals surface area contributed by atoms with Gasteiger partial charge in [0.1, 0.15) is 18.9 Å². The van der Waals surface area contributed by atoms with E-state index >= 15 is 0 Å². The number of nitrogens with one attached hydrogen (secondary N) is 1. The van der Waals surface area contributed by atoms with Crippen LogP contribution in [0.4, 0.5) is 0 Å². The van der Waals surface area contributed by atoms with Crippen LogP contribution < -0.4 is 15.3 Å². The topological polar surface area (TPSA) is 134 Å². The number of carbonyl (C=O) groups is 2. The van der Waals surface area contributed by atoms with Crippen LogP contribution in [0.2, 0.25) is 5.02 Å². The van der Waals surface area contributed by atoms with E-state index in [1.165, 1.54) is 6.21 Å². The lowest BCUT2D eigenvalue weighted by Gasteiger charge is -2.06. The van der Waals surface area contributed by atoms with Crippen molar-refractivity contribution < 1.29 is 19.4 Å². The summed E-state index contributed by atoms with van der Waals surface area (Å²) in [4.78, 5) is 23.4. The molecule has 0 saturated heterocycles. The maximum Gasteiger partial charge on any atom is 0.263 e. The summed E-state index contributed by atoms with van der Waals surface area (Å²) in [6, 6.07) is 13.5. The third-order valence-electron chi connectivity index (χ3n) is 3.49. The smallest absolute Gasteiger partial charge is 0.263 e. The molecule has 1 heterocycles. The minimum absolute atomic E-state index is 0.176. The molecule has 3 aromatic rings. The number of benzene rings is 2. The number of amides is 1. The molecule has 0 saturated carbocycles. The number of halogens is 1. The Morgan fingerprint density at radius 3 is 2.69 bits per heavy atom. The van der Waals surface area contributed by atoms with Crippen molar-refractivity contribution in [2.45, 2.75) is 6.54 Å². The van der Waals surface area contributed by atoms with Gasteiger partial charge in [0.2, 0.25) is 5.82 Å². The van der Waals surface area contributed by atoms with Crippen molar-refractivity contribution in [3.05, 3.63) is 59.1 Å². The highest BCUT2D eigenvalue weighted by atomic mass is 35.5. The Hall–Kier alpha value is -3.79. The van der Waals surface area contributed by atoms with Crippen LogP contribution in [0, 0.1) is 0 Å². The summed E-state index contributed by atoms with van der Waals surface area (Å²) in [5.41, 5.74) is 3.64. The quantitative estimate of drug-likeness (QED) is 0.413. The average molecular weight is 414 g/mol. The summed E-state index contributed by atoms with van der Waals surface area (Å²) >= 11 is 6.09. The number of hydrogen-bond donors (Lipinski definition) is 1. The van der Waals surface area contributed by atoms with E-state index in [0.717, 1.165) is 4.80 Å². The number of carboxylic acid groups (broad SMARTS) is 1. The van der Waals surface area contributed by atoms with Crippen LogP contribution in [0.1, 0.15) is 5.56 Å². The molecule has 0 aliphatic rings. The van der Waals surface area contributed by atoms with E-state index in [9.17, 15) is 14.7 Å². The molecular weight excluding hydrogens is 400 g/mol. The van der Waals surface area contributed by atoms with E-state index in [0.29, 0.717) is 27.7 Å². The van der Waals surface area contributed by atoms with Gasteiger partial charge in [0.05, 0.1) is 17.2 Å². The molecule has 0 fully saturated rings. The average Bonchev–Trinajstić information content (AvgIpc) is 3.15. The summed E-state index contributed by atoms with van der Waals surface area (Å²) in [6.07, 6.45) is 1.42. The lowest BCUT2D eigenvalue weighted by atomic mass is 10.2. The monoisotopic (exact) mass is 413 g/mol. The van der Waals surface area contributed by atoms with Gasteiger partial charge in [-0.05, 0) is 47.2 Å². The Balaban J connectivity index is 1.51. The number of aliphatic carboxylic acids is 1. The molecule has 29 heavy (non-hydrogen) atoms. The zero-order valence-electron chi connectivity index (χ0n) is 14.9. The Kier molecular flexibility index (Phi) is 6.48. The van der Waals surface area contributed by atoms with Gasteiger partial charge >= 0.3 is 0 Å². The molecule has 0 atom stereocenters. The molecule has 0 radical (unpaired) electrons. The van der Waals surface area contributed by atoms with Crippen LogP contribution in [0.3, 0.4) is 0 Å². The molecular formula is C18H14ClN6O4-. The van der Waals surface area contributed by atoms with Crippen LogP contribution in [-0.2, 0) is 16.1 Å². The summed E-state index contributed by atoms with van der Waals surface area (Å²) in [5, 5.41) is 26.5. The van der Waals surface area contributed by atoms with Crippen LogP contribution in [0.25, 0.3) is 11.4 Å². The van der Waals surface area contributed by atoms with Crippen molar-refractivity contribution in [3.8, 4) is 17.1 Å². The van der Waals surface area contributed by atoms with Crippen LogP contribution in [-0.4, -0.2) is 44.9 Å². The minimum Gasteiger partial charge on any atom is -0.546 e. The zero-order valence-corrected chi connectivity index (χ0v) is 15.6. The van der Waals surface area contributed by atoms with Crippen LogP contribution >= 0.6 is 11.6 Å². The lowest BCUT2D eigenvalue weighted by Crippen LogP contribution is -2.28.